The molecule has 0 fully saturated rings. The standard InChI is InChI=1S/C8H9F2NO.ClH/c9-5-1-2-7(10)6(3-5)8(11)4-12;/h1-3,8,12H,4,11H2;1H. The molecule has 2 nitrogen and oxygen atoms in total. The topological polar surface area (TPSA) is 46.2 Å². The van der Waals surface area contributed by atoms with Gasteiger partial charge in [0.05, 0.1) is 12.6 Å². The maximum absolute atomic E-state index is 12.8. The molecule has 5 heteroatoms. The van der Waals surface area contributed by atoms with Crippen molar-refractivity contribution in [1.29, 1.82) is 0 Å². The van der Waals surface area contributed by atoms with Crippen LogP contribution in [-0.2, 0) is 0 Å². The van der Waals surface area contributed by atoms with Crippen molar-refractivity contribution >= 4 is 12.4 Å². The molecule has 0 bridgehead atoms. The largest absolute Gasteiger partial charge is 0.394 e. The van der Waals surface area contributed by atoms with E-state index in [0.717, 1.165) is 18.2 Å². The average molecular weight is 210 g/mol. The average Bonchev–Trinajstić information content (AvgIpc) is 2.08. The fourth-order valence-corrected chi connectivity index (χ4v) is 0.897. The summed E-state index contributed by atoms with van der Waals surface area (Å²) in [7, 11) is 0. The van der Waals surface area contributed by atoms with Gasteiger partial charge in [-0.25, -0.2) is 8.78 Å². The highest BCUT2D eigenvalue weighted by Crippen LogP contribution is 2.15. The predicted molar refractivity (Wildman–Crippen MR) is 47.6 cm³/mol. The van der Waals surface area contributed by atoms with Crippen LogP contribution in [0.2, 0.25) is 0 Å². The second-order valence-electron chi connectivity index (χ2n) is 2.45. The third kappa shape index (κ3) is 2.91. The third-order valence-corrected chi connectivity index (χ3v) is 1.55. The highest BCUT2D eigenvalue weighted by Gasteiger charge is 2.10. The van der Waals surface area contributed by atoms with E-state index in [0.29, 0.717) is 0 Å². The van der Waals surface area contributed by atoms with Crippen LogP contribution in [0.3, 0.4) is 0 Å². The van der Waals surface area contributed by atoms with E-state index in [-0.39, 0.29) is 18.0 Å². The lowest BCUT2D eigenvalue weighted by Gasteiger charge is -2.08. The molecule has 0 aliphatic heterocycles. The Hall–Kier alpha value is -0.710. The molecule has 0 amide bonds. The quantitative estimate of drug-likeness (QED) is 0.773. The van der Waals surface area contributed by atoms with Gasteiger partial charge in [0.25, 0.3) is 0 Å². The molecule has 74 valence electrons. The summed E-state index contributed by atoms with van der Waals surface area (Å²) >= 11 is 0. The van der Waals surface area contributed by atoms with Gasteiger partial charge >= 0.3 is 0 Å². The number of rotatable bonds is 2. The normalized spacial score (nSPS) is 12.0. The summed E-state index contributed by atoms with van der Waals surface area (Å²) in [5, 5.41) is 8.59. The molecule has 0 aromatic heterocycles. The first-order valence-corrected chi connectivity index (χ1v) is 3.46. The van der Waals surface area contributed by atoms with Gasteiger partial charge in [-0.1, -0.05) is 0 Å². The van der Waals surface area contributed by atoms with Crippen molar-refractivity contribution in [2.75, 3.05) is 6.61 Å². The molecule has 13 heavy (non-hydrogen) atoms. The molecule has 1 aromatic rings. The van der Waals surface area contributed by atoms with E-state index in [9.17, 15) is 8.78 Å². The van der Waals surface area contributed by atoms with Crippen LogP contribution in [-0.4, -0.2) is 11.7 Å². The number of halogens is 3. The molecule has 0 radical (unpaired) electrons. The molecule has 3 N–H and O–H groups in total. The maximum atomic E-state index is 12.8. The van der Waals surface area contributed by atoms with Crippen LogP contribution in [0.1, 0.15) is 11.6 Å². The summed E-state index contributed by atoms with van der Waals surface area (Å²) in [5.41, 5.74) is 5.30. The summed E-state index contributed by atoms with van der Waals surface area (Å²) in [6, 6.07) is 2.11. The van der Waals surface area contributed by atoms with Gasteiger partial charge in [0.15, 0.2) is 0 Å². The molecule has 1 rings (SSSR count). The van der Waals surface area contributed by atoms with Crippen molar-refractivity contribution in [2.45, 2.75) is 6.04 Å². The monoisotopic (exact) mass is 209 g/mol. The van der Waals surface area contributed by atoms with Crippen LogP contribution < -0.4 is 5.73 Å². The van der Waals surface area contributed by atoms with Crippen LogP contribution in [0.15, 0.2) is 18.2 Å². The van der Waals surface area contributed by atoms with Crippen molar-refractivity contribution in [1.82, 2.24) is 0 Å². The number of benzene rings is 1. The minimum Gasteiger partial charge on any atom is -0.394 e. The van der Waals surface area contributed by atoms with Gasteiger partial charge < -0.3 is 10.8 Å². The van der Waals surface area contributed by atoms with E-state index < -0.39 is 24.3 Å². The summed E-state index contributed by atoms with van der Waals surface area (Å²) in [6.07, 6.45) is 0. The van der Waals surface area contributed by atoms with Crippen LogP contribution in [0.25, 0.3) is 0 Å². The van der Waals surface area contributed by atoms with E-state index in [1.165, 1.54) is 0 Å². The van der Waals surface area contributed by atoms with Gasteiger partial charge in [-0.3, -0.25) is 0 Å². The second kappa shape index (κ2) is 5.11. The Bertz CT molecular complexity index is 283. The molecule has 0 heterocycles. The first-order chi connectivity index (χ1) is 5.65. The molecule has 1 aromatic carbocycles. The van der Waals surface area contributed by atoms with Gasteiger partial charge in [-0.2, -0.15) is 0 Å². The van der Waals surface area contributed by atoms with Crippen LogP contribution in [0.5, 0.6) is 0 Å². The molecule has 0 aliphatic carbocycles. The molecule has 0 saturated carbocycles. The van der Waals surface area contributed by atoms with E-state index in [1.807, 2.05) is 0 Å². The van der Waals surface area contributed by atoms with Crippen LogP contribution in [0.4, 0.5) is 8.78 Å². The SMILES string of the molecule is Cl.NC(CO)c1cc(F)ccc1F. The second-order valence-corrected chi connectivity index (χ2v) is 2.45. The van der Waals surface area contributed by atoms with Gasteiger partial charge in [-0.05, 0) is 18.2 Å². The lowest BCUT2D eigenvalue weighted by atomic mass is 10.1. The van der Waals surface area contributed by atoms with E-state index in [1.54, 1.807) is 0 Å². The maximum Gasteiger partial charge on any atom is 0.128 e. The lowest BCUT2D eigenvalue weighted by Crippen LogP contribution is -2.16. The number of hydrogen-bond acceptors (Lipinski definition) is 2. The molecule has 1 unspecified atom stereocenters. The van der Waals surface area contributed by atoms with E-state index in [2.05, 4.69) is 0 Å². The van der Waals surface area contributed by atoms with Gasteiger partial charge in [0.2, 0.25) is 0 Å². The Morgan fingerprint density at radius 1 is 1.38 bits per heavy atom. The minimum absolute atomic E-state index is 0. The highest BCUT2D eigenvalue weighted by atomic mass is 35.5. The molecular formula is C8H10ClF2NO. The Morgan fingerprint density at radius 3 is 2.54 bits per heavy atom. The van der Waals surface area contributed by atoms with E-state index >= 15 is 0 Å². The fourth-order valence-electron chi connectivity index (χ4n) is 0.897. The summed E-state index contributed by atoms with van der Waals surface area (Å²) in [5.74, 6) is -1.16. The number of nitrogens with two attached hydrogens (primary N) is 1. The zero-order valence-corrected chi connectivity index (χ0v) is 7.52. The fraction of sp³-hybridized carbons (Fsp3) is 0.250. The molecule has 0 spiro atoms. The number of aliphatic hydroxyl groups is 1. The summed E-state index contributed by atoms with van der Waals surface area (Å²) in [6.45, 7) is -0.402. The van der Waals surface area contributed by atoms with Gasteiger partial charge in [0, 0.05) is 5.56 Å². The van der Waals surface area contributed by atoms with Crippen molar-refractivity contribution < 1.29 is 13.9 Å². The summed E-state index contributed by atoms with van der Waals surface area (Å²) < 4.78 is 25.4. The Morgan fingerprint density at radius 2 is 2.00 bits per heavy atom. The first-order valence-electron chi connectivity index (χ1n) is 3.46. The molecule has 0 aliphatic rings. The number of aliphatic hydroxyl groups excluding tert-OH is 1. The van der Waals surface area contributed by atoms with E-state index in [4.69, 9.17) is 10.8 Å². The lowest BCUT2D eigenvalue weighted by molar-refractivity contribution is 0.265. The van der Waals surface area contributed by atoms with Gasteiger partial charge in [-0.15, -0.1) is 12.4 Å². The Balaban J connectivity index is 0.00000144. The van der Waals surface area contributed by atoms with Crippen molar-refractivity contribution in [3.63, 3.8) is 0 Å². The van der Waals surface area contributed by atoms with Crippen molar-refractivity contribution in [3.8, 4) is 0 Å². The molecule has 0 saturated heterocycles. The minimum atomic E-state index is -0.860. The molecular weight excluding hydrogens is 200 g/mol. The smallest absolute Gasteiger partial charge is 0.128 e. The third-order valence-electron chi connectivity index (χ3n) is 1.55. The van der Waals surface area contributed by atoms with Crippen LogP contribution >= 0.6 is 12.4 Å². The number of hydrogen-bond donors (Lipinski definition) is 2. The molecule has 1 atom stereocenters. The summed E-state index contributed by atoms with van der Waals surface area (Å²) in [4.78, 5) is 0. The predicted octanol–water partition coefficient (Wildman–Crippen LogP) is 1.38. The van der Waals surface area contributed by atoms with Crippen molar-refractivity contribution in [3.05, 3.63) is 35.4 Å². The van der Waals surface area contributed by atoms with Gasteiger partial charge in [0.1, 0.15) is 11.6 Å². The first kappa shape index (κ1) is 12.3. The van der Waals surface area contributed by atoms with Crippen molar-refractivity contribution in [2.24, 2.45) is 5.73 Å². The zero-order chi connectivity index (χ0) is 9.14. The Kier molecular flexibility index (Phi) is 4.83. The highest BCUT2D eigenvalue weighted by molar-refractivity contribution is 5.85. The Labute approximate surface area is 80.8 Å². The van der Waals surface area contributed by atoms with Crippen LogP contribution in [0, 0.1) is 11.6 Å². The zero-order valence-electron chi connectivity index (χ0n) is 6.71.